The Balaban J connectivity index is 2.12. The molecule has 0 spiro atoms. The number of carbonyl (C=O) groups excluding carboxylic acids is 1. The highest BCUT2D eigenvalue weighted by Crippen LogP contribution is 2.11. The van der Waals surface area contributed by atoms with Gasteiger partial charge >= 0.3 is 0 Å². The zero-order valence-corrected chi connectivity index (χ0v) is 8.86. The molecule has 0 aromatic carbocycles. The zero-order valence-electron chi connectivity index (χ0n) is 8.86. The van der Waals surface area contributed by atoms with E-state index in [4.69, 9.17) is 0 Å². The van der Waals surface area contributed by atoms with Crippen molar-refractivity contribution in [2.24, 2.45) is 0 Å². The van der Waals surface area contributed by atoms with E-state index in [9.17, 15) is 4.79 Å². The second kappa shape index (κ2) is 4.40. The molecule has 4 nitrogen and oxygen atoms in total. The topological polar surface area (TPSA) is 45.2 Å². The Bertz CT molecular complexity index is 361. The summed E-state index contributed by atoms with van der Waals surface area (Å²) in [6.07, 6.45) is 1.11. The number of aromatic nitrogens is 1. The van der Waals surface area contributed by atoms with Crippen molar-refractivity contribution in [2.75, 3.05) is 20.1 Å². The predicted molar refractivity (Wildman–Crippen MR) is 57.5 cm³/mol. The van der Waals surface area contributed by atoms with Gasteiger partial charge < -0.3 is 10.2 Å². The van der Waals surface area contributed by atoms with Gasteiger partial charge in [-0.25, -0.2) is 4.98 Å². The van der Waals surface area contributed by atoms with Gasteiger partial charge in [0.25, 0.3) is 5.91 Å². The fourth-order valence-electron chi connectivity index (χ4n) is 1.56. The van der Waals surface area contributed by atoms with E-state index in [-0.39, 0.29) is 5.91 Å². The zero-order chi connectivity index (χ0) is 10.7. The summed E-state index contributed by atoms with van der Waals surface area (Å²) in [6.45, 7) is 2.44. The maximum absolute atomic E-state index is 11.8. The van der Waals surface area contributed by atoms with Gasteiger partial charge in [0.15, 0.2) is 0 Å². The first-order chi connectivity index (χ1) is 7.31. The van der Waals surface area contributed by atoms with Crippen LogP contribution in [0.15, 0.2) is 18.2 Å². The summed E-state index contributed by atoms with van der Waals surface area (Å²) < 4.78 is 0. The molecule has 0 bridgehead atoms. The van der Waals surface area contributed by atoms with Gasteiger partial charge in [-0.15, -0.1) is 0 Å². The molecule has 0 aliphatic carbocycles. The minimum atomic E-state index is 0.0548. The number of amides is 1. The van der Waals surface area contributed by atoms with Crippen LogP contribution in [-0.4, -0.2) is 35.9 Å². The van der Waals surface area contributed by atoms with Crippen LogP contribution in [0.5, 0.6) is 0 Å². The number of hydrogen-bond acceptors (Lipinski definition) is 3. The lowest BCUT2D eigenvalue weighted by atomic mass is 10.2. The molecule has 2 rings (SSSR count). The van der Waals surface area contributed by atoms with Crippen LogP contribution in [0.1, 0.15) is 22.6 Å². The smallest absolute Gasteiger partial charge is 0.272 e. The summed E-state index contributed by atoms with van der Waals surface area (Å²) in [5, 5.41) is 3.02. The maximum atomic E-state index is 11.8. The van der Waals surface area contributed by atoms with Crippen LogP contribution in [0.25, 0.3) is 0 Å². The third-order valence-electron chi connectivity index (χ3n) is 2.53. The SMILES string of the molecule is CNCc1cccc(C(=O)N2CCC2)n1. The van der Waals surface area contributed by atoms with E-state index in [1.54, 1.807) is 6.07 Å². The van der Waals surface area contributed by atoms with Gasteiger partial charge in [-0.05, 0) is 25.6 Å². The highest BCUT2D eigenvalue weighted by molar-refractivity contribution is 5.92. The third kappa shape index (κ3) is 2.15. The van der Waals surface area contributed by atoms with Gasteiger partial charge in [0.05, 0.1) is 5.69 Å². The molecule has 1 aliphatic heterocycles. The molecule has 1 N–H and O–H groups in total. The normalized spacial score (nSPS) is 14.9. The molecule has 1 amide bonds. The number of carbonyl (C=O) groups is 1. The molecule has 2 heterocycles. The monoisotopic (exact) mass is 205 g/mol. The molecule has 1 fully saturated rings. The molecule has 0 saturated carbocycles. The highest BCUT2D eigenvalue weighted by atomic mass is 16.2. The molecule has 1 aromatic rings. The van der Waals surface area contributed by atoms with Crippen LogP contribution in [0.2, 0.25) is 0 Å². The molecule has 0 radical (unpaired) electrons. The van der Waals surface area contributed by atoms with Crippen molar-refractivity contribution in [3.05, 3.63) is 29.6 Å². The van der Waals surface area contributed by atoms with Crippen molar-refractivity contribution in [3.63, 3.8) is 0 Å². The van der Waals surface area contributed by atoms with E-state index >= 15 is 0 Å². The Morgan fingerprint density at radius 1 is 1.53 bits per heavy atom. The minimum absolute atomic E-state index is 0.0548. The van der Waals surface area contributed by atoms with Gasteiger partial charge in [0.2, 0.25) is 0 Å². The number of pyridine rings is 1. The number of nitrogens with one attached hydrogen (secondary N) is 1. The molecule has 1 saturated heterocycles. The van der Waals surface area contributed by atoms with Crippen molar-refractivity contribution in [1.82, 2.24) is 15.2 Å². The first kappa shape index (κ1) is 10.1. The van der Waals surface area contributed by atoms with Crippen molar-refractivity contribution in [2.45, 2.75) is 13.0 Å². The predicted octanol–water partition coefficient (Wildman–Crippen LogP) is 0.647. The second-order valence-electron chi connectivity index (χ2n) is 3.69. The molecular weight excluding hydrogens is 190 g/mol. The number of rotatable bonds is 3. The Labute approximate surface area is 89.3 Å². The summed E-state index contributed by atoms with van der Waals surface area (Å²) in [5.74, 6) is 0.0548. The highest BCUT2D eigenvalue weighted by Gasteiger charge is 2.22. The quantitative estimate of drug-likeness (QED) is 0.788. The summed E-state index contributed by atoms with van der Waals surface area (Å²) in [5.41, 5.74) is 1.46. The van der Waals surface area contributed by atoms with E-state index < -0.39 is 0 Å². The van der Waals surface area contributed by atoms with Crippen LogP contribution in [0.4, 0.5) is 0 Å². The molecule has 0 atom stereocenters. The van der Waals surface area contributed by atoms with Crippen molar-refractivity contribution < 1.29 is 4.79 Å². The lowest BCUT2D eigenvalue weighted by Gasteiger charge is -2.30. The Hall–Kier alpha value is -1.42. The lowest BCUT2D eigenvalue weighted by Crippen LogP contribution is -2.42. The van der Waals surface area contributed by atoms with Gasteiger partial charge in [-0.1, -0.05) is 6.07 Å². The van der Waals surface area contributed by atoms with E-state index in [0.717, 1.165) is 25.2 Å². The number of hydrogen-bond donors (Lipinski definition) is 1. The first-order valence-electron chi connectivity index (χ1n) is 5.21. The minimum Gasteiger partial charge on any atom is -0.337 e. The van der Waals surface area contributed by atoms with E-state index in [0.29, 0.717) is 12.2 Å². The Morgan fingerprint density at radius 2 is 2.33 bits per heavy atom. The van der Waals surface area contributed by atoms with E-state index in [1.165, 1.54) is 0 Å². The van der Waals surface area contributed by atoms with Crippen molar-refractivity contribution >= 4 is 5.91 Å². The van der Waals surface area contributed by atoms with Crippen LogP contribution in [0, 0.1) is 0 Å². The summed E-state index contributed by atoms with van der Waals surface area (Å²) in [6, 6.07) is 5.58. The van der Waals surface area contributed by atoms with Crippen LogP contribution in [-0.2, 0) is 6.54 Å². The fraction of sp³-hybridized carbons (Fsp3) is 0.455. The van der Waals surface area contributed by atoms with Gasteiger partial charge in [-0.2, -0.15) is 0 Å². The molecule has 1 aliphatic rings. The average molecular weight is 205 g/mol. The second-order valence-corrected chi connectivity index (χ2v) is 3.69. The van der Waals surface area contributed by atoms with Crippen LogP contribution >= 0.6 is 0 Å². The standard InChI is InChI=1S/C11H15N3O/c1-12-8-9-4-2-5-10(13-9)11(15)14-6-3-7-14/h2,4-5,12H,3,6-8H2,1H3. The number of nitrogens with zero attached hydrogens (tertiary/aromatic N) is 2. The largest absolute Gasteiger partial charge is 0.337 e. The molecule has 0 unspecified atom stereocenters. The van der Waals surface area contributed by atoms with Crippen LogP contribution in [0.3, 0.4) is 0 Å². The molecule has 15 heavy (non-hydrogen) atoms. The molecule has 80 valence electrons. The summed E-state index contributed by atoms with van der Waals surface area (Å²) in [4.78, 5) is 18.0. The first-order valence-corrected chi connectivity index (χ1v) is 5.21. The molecular formula is C11H15N3O. The Kier molecular flexibility index (Phi) is 2.97. The third-order valence-corrected chi connectivity index (χ3v) is 2.53. The summed E-state index contributed by atoms with van der Waals surface area (Å²) >= 11 is 0. The fourth-order valence-corrected chi connectivity index (χ4v) is 1.56. The molecule has 1 aromatic heterocycles. The molecule has 4 heteroatoms. The maximum Gasteiger partial charge on any atom is 0.272 e. The van der Waals surface area contributed by atoms with Crippen LogP contribution < -0.4 is 5.32 Å². The van der Waals surface area contributed by atoms with Gasteiger partial charge in [-0.3, -0.25) is 4.79 Å². The summed E-state index contributed by atoms with van der Waals surface area (Å²) in [7, 11) is 1.87. The lowest BCUT2D eigenvalue weighted by molar-refractivity contribution is 0.0645. The average Bonchev–Trinajstić information content (AvgIpc) is 2.16. The Morgan fingerprint density at radius 3 is 2.93 bits per heavy atom. The van der Waals surface area contributed by atoms with Crippen molar-refractivity contribution in [3.8, 4) is 0 Å². The van der Waals surface area contributed by atoms with Gasteiger partial charge in [0.1, 0.15) is 5.69 Å². The van der Waals surface area contributed by atoms with Gasteiger partial charge in [0, 0.05) is 19.6 Å². The van der Waals surface area contributed by atoms with E-state index in [2.05, 4.69) is 10.3 Å². The van der Waals surface area contributed by atoms with E-state index in [1.807, 2.05) is 24.1 Å². The van der Waals surface area contributed by atoms with Crippen molar-refractivity contribution in [1.29, 1.82) is 0 Å². The number of likely N-dealkylation sites (tertiary alicyclic amines) is 1.